The maximum absolute atomic E-state index is 12.8. The standard InChI is InChI=1S/C17H17F3N6O/c18-17(19,20)13-3-7-22-15(24-13)25-8-4-11(5-9-25)10-26-14-12(23-16(26)27)2-1-6-21-14/h1-3,6-7,11H,4-5,8-10H2,(H,23,27). The summed E-state index contributed by atoms with van der Waals surface area (Å²) in [5.74, 6) is 0.319. The van der Waals surface area contributed by atoms with E-state index in [1.165, 1.54) is 0 Å². The lowest BCUT2D eigenvalue weighted by molar-refractivity contribution is -0.141. The average molecular weight is 378 g/mol. The van der Waals surface area contributed by atoms with Crippen molar-refractivity contribution in [2.24, 2.45) is 5.92 Å². The molecule has 142 valence electrons. The van der Waals surface area contributed by atoms with Gasteiger partial charge in [-0.25, -0.2) is 19.7 Å². The molecule has 0 aromatic carbocycles. The Labute approximate surface area is 151 Å². The van der Waals surface area contributed by atoms with E-state index < -0.39 is 11.9 Å². The summed E-state index contributed by atoms with van der Waals surface area (Å²) in [5.41, 5.74) is 0.168. The zero-order valence-corrected chi connectivity index (χ0v) is 14.3. The molecule has 0 radical (unpaired) electrons. The predicted molar refractivity (Wildman–Crippen MR) is 92.3 cm³/mol. The fourth-order valence-electron chi connectivity index (χ4n) is 3.39. The van der Waals surface area contributed by atoms with Crippen LogP contribution in [0.15, 0.2) is 35.4 Å². The molecule has 4 rings (SSSR count). The molecule has 27 heavy (non-hydrogen) atoms. The molecular weight excluding hydrogens is 361 g/mol. The van der Waals surface area contributed by atoms with Gasteiger partial charge in [-0.05, 0) is 37.0 Å². The highest BCUT2D eigenvalue weighted by Gasteiger charge is 2.33. The van der Waals surface area contributed by atoms with Gasteiger partial charge in [0.2, 0.25) is 5.95 Å². The van der Waals surface area contributed by atoms with Crippen LogP contribution < -0.4 is 10.6 Å². The maximum Gasteiger partial charge on any atom is 0.433 e. The quantitative estimate of drug-likeness (QED) is 0.757. The molecular formula is C17H17F3N6O. The predicted octanol–water partition coefficient (Wildman–Crippen LogP) is 2.45. The number of nitrogens with zero attached hydrogens (tertiary/aromatic N) is 5. The number of rotatable bonds is 3. The number of aromatic nitrogens is 5. The van der Waals surface area contributed by atoms with Gasteiger partial charge < -0.3 is 9.88 Å². The number of aromatic amines is 1. The molecule has 10 heteroatoms. The first-order valence-electron chi connectivity index (χ1n) is 8.60. The number of halogens is 3. The van der Waals surface area contributed by atoms with Gasteiger partial charge in [0.15, 0.2) is 5.65 Å². The Hall–Kier alpha value is -2.91. The lowest BCUT2D eigenvalue weighted by Gasteiger charge is -2.32. The Bertz CT molecular complexity index is 1000. The van der Waals surface area contributed by atoms with Crippen molar-refractivity contribution in [2.45, 2.75) is 25.6 Å². The third-order valence-electron chi connectivity index (χ3n) is 4.80. The zero-order valence-electron chi connectivity index (χ0n) is 14.3. The molecule has 7 nitrogen and oxygen atoms in total. The van der Waals surface area contributed by atoms with E-state index in [-0.39, 0.29) is 17.6 Å². The summed E-state index contributed by atoms with van der Waals surface area (Å²) in [6.07, 6.45) is -0.259. The second-order valence-electron chi connectivity index (χ2n) is 6.59. The molecule has 0 aliphatic carbocycles. The van der Waals surface area contributed by atoms with E-state index in [2.05, 4.69) is 19.9 Å². The van der Waals surface area contributed by atoms with Gasteiger partial charge in [0, 0.05) is 32.0 Å². The largest absolute Gasteiger partial charge is 0.433 e. The molecule has 1 fully saturated rings. The van der Waals surface area contributed by atoms with Gasteiger partial charge >= 0.3 is 11.9 Å². The summed E-state index contributed by atoms with van der Waals surface area (Å²) in [7, 11) is 0. The molecule has 0 atom stereocenters. The minimum atomic E-state index is -4.49. The van der Waals surface area contributed by atoms with Crippen LogP contribution in [0.25, 0.3) is 11.2 Å². The van der Waals surface area contributed by atoms with Crippen LogP contribution in [-0.4, -0.2) is 37.6 Å². The normalized spacial score (nSPS) is 16.2. The van der Waals surface area contributed by atoms with E-state index in [0.29, 0.717) is 30.8 Å². The highest BCUT2D eigenvalue weighted by Crippen LogP contribution is 2.29. The molecule has 4 heterocycles. The second-order valence-corrected chi connectivity index (χ2v) is 6.59. The molecule has 0 bridgehead atoms. The Morgan fingerprint density at radius 2 is 1.93 bits per heavy atom. The van der Waals surface area contributed by atoms with Crippen LogP contribution in [-0.2, 0) is 12.7 Å². The van der Waals surface area contributed by atoms with Gasteiger partial charge in [-0.15, -0.1) is 0 Å². The van der Waals surface area contributed by atoms with Crippen molar-refractivity contribution in [3.63, 3.8) is 0 Å². The van der Waals surface area contributed by atoms with Crippen molar-refractivity contribution in [3.05, 3.63) is 46.8 Å². The summed E-state index contributed by atoms with van der Waals surface area (Å²) in [5, 5.41) is 0. The van der Waals surface area contributed by atoms with Crippen molar-refractivity contribution in [2.75, 3.05) is 18.0 Å². The molecule has 1 aliphatic rings. The van der Waals surface area contributed by atoms with E-state index in [4.69, 9.17) is 0 Å². The zero-order chi connectivity index (χ0) is 19.0. The summed E-state index contributed by atoms with van der Waals surface area (Å²) in [6, 6.07) is 4.43. The number of imidazole rings is 1. The Balaban J connectivity index is 1.45. The molecule has 0 amide bonds. The number of fused-ring (bicyclic) bond motifs is 1. The number of nitrogens with one attached hydrogen (secondary N) is 1. The number of hydrogen-bond donors (Lipinski definition) is 1. The Morgan fingerprint density at radius 3 is 2.67 bits per heavy atom. The maximum atomic E-state index is 12.8. The average Bonchev–Trinajstić information content (AvgIpc) is 2.97. The number of piperidine rings is 1. The van der Waals surface area contributed by atoms with Crippen molar-refractivity contribution in [1.29, 1.82) is 0 Å². The van der Waals surface area contributed by atoms with Crippen molar-refractivity contribution < 1.29 is 13.2 Å². The highest BCUT2D eigenvalue weighted by molar-refractivity contribution is 5.69. The third kappa shape index (κ3) is 3.51. The van der Waals surface area contributed by atoms with Gasteiger partial charge in [0.05, 0.1) is 5.52 Å². The van der Waals surface area contributed by atoms with Crippen LogP contribution in [0.2, 0.25) is 0 Å². The van der Waals surface area contributed by atoms with Crippen LogP contribution in [0.1, 0.15) is 18.5 Å². The number of hydrogen-bond acceptors (Lipinski definition) is 5. The van der Waals surface area contributed by atoms with Gasteiger partial charge in [-0.3, -0.25) is 4.57 Å². The van der Waals surface area contributed by atoms with E-state index in [0.717, 1.165) is 25.1 Å². The topological polar surface area (TPSA) is 79.7 Å². The van der Waals surface area contributed by atoms with Crippen LogP contribution in [0.3, 0.4) is 0 Å². The van der Waals surface area contributed by atoms with E-state index in [9.17, 15) is 18.0 Å². The molecule has 0 spiro atoms. The number of pyridine rings is 1. The third-order valence-corrected chi connectivity index (χ3v) is 4.80. The molecule has 1 saturated heterocycles. The van der Waals surface area contributed by atoms with Crippen LogP contribution in [0.5, 0.6) is 0 Å². The lowest BCUT2D eigenvalue weighted by atomic mass is 9.97. The van der Waals surface area contributed by atoms with Gasteiger partial charge in [0.1, 0.15) is 5.69 Å². The number of alkyl halides is 3. The van der Waals surface area contributed by atoms with Gasteiger partial charge in [0.25, 0.3) is 0 Å². The smallest absolute Gasteiger partial charge is 0.341 e. The monoisotopic (exact) mass is 378 g/mol. The second kappa shape index (κ2) is 6.67. The number of H-pyrrole nitrogens is 1. The molecule has 1 N–H and O–H groups in total. The van der Waals surface area contributed by atoms with Crippen molar-refractivity contribution in [1.82, 2.24) is 24.5 Å². The van der Waals surface area contributed by atoms with Crippen LogP contribution >= 0.6 is 0 Å². The van der Waals surface area contributed by atoms with Crippen molar-refractivity contribution in [3.8, 4) is 0 Å². The first-order valence-corrected chi connectivity index (χ1v) is 8.60. The van der Waals surface area contributed by atoms with Gasteiger partial charge in [-0.2, -0.15) is 13.2 Å². The first-order chi connectivity index (χ1) is 12.9. The first kappa shape index (κ1) is 17.5. The van der Waals surface area contributed by atoms with Crippen molar-refractivity contribution >= 4 is 17.1 Å². The molecule has 3 aromatic heterocycles. The van der Waals surface area contributed by atoms with E-state index >= 15 is 0 Å². The summed E-state index contributed by atoms with van der Waals surface area (Å²) in [6.45, 7) is 1.60. The molecule has 3 aromatic rings. The molecule has 1 aliphatic heterocycles. The fraction of sp³-hybridized carbons (Fsp3) is 0.412. The summed E-state index contributed by atoms with van der Waals surface area (Å²) >= 11 is 0. The summed E-state index contributed by atoms with van der Waals surface area (Å²) < 4.78 is 40.1. The van der Waals surface area contributed by atoms with Crippen LogP contribution in [0, 0.1) is 5.92 Å². The van der Waals surface area contributed by atoms with E-state index in [1.54, 1.807) is 27.8 Å². The number of anilines is 1. The fourth-order valence-corrected chi connectivity index (χ4v) is 3.39. The van der Waals surface area contributed by atoms with Gasteiger partial charge in [-0.1, -0.05) is 0 Å². The lowest BCUT2D eigenvalue weighted by Crippen LogP contribution is -2.37. The minimum absolute atomic E-state index is 0.0919. The Kier molecular flexibility index (Phi) is 4.33. The Morgan fingerprint density at radius 1 is 1.15 bits per heavy atom. The SMILES string of the molecule is O=c1[nH]c2cccnc2n1CC1CCN(c2nccc(C(F)(F)F)n2)CC1. The molecule has 0 unspecified atom stereocenters. The van der Waals surface area contributed by atoms with E-state index in [1.807, 2.05) is 0 Å². The molecule has 0 saturated carbocycles. The van der Waals surface area contributed by atoms with Crippen LogP contribution in [0.4, 0.5) is 19.1 Å². The minimum Gasteiger partial charge on any atom is -0.341 e. The summed E-state index contributed by atoms with van der Waals surface area (Å²) in [4.78, 5) is 28.6. The highest BCUT2D eigenvalue weighted by atomic mass is 19.4.